The third kappa shape index (κ3) is 20.3. The topological polar surface area (TPSA) is 332 Å². The molecule has 1 aliphatic rings. The van der Waals surface area contributed by atoms with Crippen LogP contribution in [0, 0.1) is 47.3 Å². The van der Waals surface area contributed by atoms with Crippen LogP contribution in [0.15, 0.2) is 0 Å². The zero-order chi connectivity index (χ0) is 59.0. The molecule has 0 aromatic rings. The van der Waals surface area contributed by atoms with Crippen molar-refractivity contribution in [1.29, 1.82) is 0 Å². The van der Waals surface area contributed by atoms with Gasteiger partial charge in [0.2, 0.25) is 0 Å². The number of esters is 6. The van der Waals surface area contributed by atoms with Crippen LogP contribution < -0.4 is 31.9 Å². The maximum absolute atomic E-state index is 13.8. The molecule has 12 unspecified atom stereocenters. The molecule has 76 heavy (non-hydrogen) atoms. The Morgan fingerprint density at radius 3 is 0.526 bits per heavy atom. The van der Waals surface area contributed by atoms with Gasteiger partial charge in [-0.1, -0.05) is 111 Å². The van der Waals surface area contributed by atoms with E-state index in [2.05, 4.69) is 31.9 Å². The second kappa shape index (κ2) is 30.4. The van der Waals surface area contributed by atoms with Gasteiger partial charge in [-0.05, 0) is 75.0 Å². The molecule has 0 bridgehead atoms. The predicted molar refractivity (Wildman–Crippen MR) is 272 cm³/mol. The SMILES string of the molecule is CC1OC(=O)C(C(C)C)NC(=O)C(C)OC(=O)C(C(C)C)NC(=O)C(C(C)C)OC(=O)C(C(C)C)NC(=O)C(C)OC(=O)C(C(C)C)NC(=O)C(C(C)C)OC(=O)C(C(C)C)NC(=O)C(C)OC(=O)C(C(C)C)NC1=O. The van der Waals surface area contributed by atoms with Gasteiger partial charge in [0.1, 0.15) is 36.3 Å². The van der Waals surface area contributed by atoms with E-state index in [9.17, 15) is 57.5 Å². The molecule has 0 saturated carbocycles. The average molecular weight is 1080 g/mol. The summed E-state index contributed by atoms with van der Waals surface area (Å²) < 4.78 is 33.1. The largest absolute Gasteiger partial charge is 0.451 e. The fourth-order valence-corrected chi connectivity index (χ4v) is 7.13. The molecule has 0 aromatic carbocycles. The van der Waals surface area contributed by atoms with Crippen molar-refractivity contribution < 1.29 is 86.0 Å². The minimum atomic E-state index is -1.55. The zero-order valence-corrected chi connectivity index (χ0v) is 47.9. The van der Waals surface area contributed by atoms with Crippen molar-refractivity contribution >= 4 is 71.3 Å². The lowest BCUT2D eigenvalue weighted by Crippen LogP contribution is -2.56. The first-order valence-electron chi connectivity index (χ1n) is 26.0. The molecule has 0 radical (unpaired) electrons. The van der Waals surface area contributed by atoms with Crippen LogP contribution in [0.25, 0.3) is 0 Å². The first-order valence-corrected chi connectivity index (χ1v) is 26.0. The molecular formula is C52H86N6O18. The number of cyclic esters (lactones) is 6. The fraction of sp³-hybridized carbons (Fsp3) is 0.769. The monoisotopic (exact) mass is 1080 g/mol. The van der Waals surface area contributed by atoms with Crippen LogP contribution in [0.5, 0.6) is 0 Å². The molecule has 12 atom stereocenters. The second-order valence-corrected chi connectivity index (χ2v) is 21.9. The zero-order valence-electron chi connectivity index (χ0n) is 47.9. The molecule has 24 heteroatoms. The molecule has 1 heterocycles. The van der Waals surface area contributed by atoms with Crippen LogP contribution in [0.1, 0.15) is 138 Å². The van der Waals surface area contributed by atoms with E-state index >= 15 is 0 Å². The molecule has 24 nitrogen and oxygen atoms in total. The van der Waals surface area contributed by atoms with E-state index in [4.69, 9.17) is 28.4 Å². The molecule has 1 rings (SSSR count). The summed E-state index contributed by atoms with van der Waals surface area (Å²) in [5, 5.41) is 15.0. The average Bonchev–Trinajstić information content (AvgIpc) is 3.30. The number of nitrogens with one attached hydrogen (secondary N) is 6. The number of hydrogen-bond acceptors (Lipinski definition) is 18. The minimum absolute atomic E-state index is 0.639. The highest BCUT2D eigenvalue weighted by Crippen LogP contribution is 2.18. The van der Waals surface area contributed by atoms with Crippen LogP contribution in [0.2, 0.25) is 0 Å². The first kappa shape index (κ1) is 67.7. The summed E-state index contributed by atoms with van der Waals surface area (Å²) in [6.07, 6.45) is -9.25. The van der Waals surface area contributed by atoms with E-state index in [1.54, 1.807) is 111 Å². The maximum atomic E-state index is 13.8. The number of hydrogen-bond donors (Lipinski definition) is 6. The Morgan fingerprint density at radius 1 is 0.237 bits per heavy atom. The summed E-state index contributed by atoms with van der Waals surface area (Å²) in [7, 11) is 0. The van der Waals surface area contributed by atoms with Crippen molar-refractivity contribution in [3.05, 3.63) is 0 Å². The fourth-order valence-electron chi connectivity index (χ4n) is 7.13. The minimum Gasteiger partial charge on any atom is -0.451 e. The van der Waals surface area contributed by atoms with Crippen LogP contribution in [0.3, 0.4) is 0 Å². The Balaban J connectivity index is 3.79. The summed E-state index contributed by atoms with van der Waals surface area (Å²) in [4.78, 5) is 163. The van der Waals surface area contributed by atoms with Crippen LogP contribution >= 0.6 is 0 Å². The van der Waals surface area contributed by atoms with Gasteiger partial charge in [-0.25, -0.2) is 28.8 Å². The second-order valence-electron chi connectivity index (χ2n) is 21.9. The molecule has 6 amide bonds. The van der Waals surface area contributed by atoms with Gasteiger partial charge in [-0.3, -0.25) is 28.8 Å². The maximum Gasteiger partial charge on any atom is 0.329 e. The van der Waals surface area contributed by atoms with Crippen LogP contribution in [-0.2, 0) is 86.0 Å². The lowest BCUT2D eigenvalue weighted by atomic mass is 10.0. The molecule has 0 spiro atoms. The molecular weight excluding hydrogens is 997 g/mol. The number of rotatable bonds is 8. The number of carbonyl (C=O) groups excluding carboxylic acids is 12. The van der Waals surface area contributed by atoms with Crippen LogP contribution in [0.4, 0.5) is 0 Å². The lowest BCUT2D eigenvalue weighted by Gasteiger charge is -2.30. The van der Waals surface area contributed by atoms with Gasteiger partial charge < -0.3 is 60.3 Å². The van der Waals surface area contributed by atoms with E-state index in [1.165, 1.54) is 27.7 Å². The Bertz CT molecular complexity index is 2060. The van der Waals surface area contributed by atoms with Crippen molar-refractivity contribution in [3.63, 3.8) is 0 Å². The van der Waals surface area contributed by atoms with Gasteiger partial charge in [-0.15, -0.1) is 0 Å². The van der Waals surface area contributed by atoms with Crippen molar-refractivity contribution in [2.75, 3.05) is 0 Å². The highest BCUT2D eigenvalue weighted by Gasteiger charge is 2.41. The highest BCUT2D eigenvalue weighted by atomic mass is 16.6. The third-order valence-corrected chi connectivity index (χ3v) is 12.2. The lowest BCUT2D eigenvalue weighted by molar-refractivity contribution is -0.167. The van der Waals surface area contributed by atoms with E-state index < -0.39 is 191 Å². The summed E-state index contributed by atoms with van der Waals surface area (Å²) in [6.45, 7) is 30.1. The van der Waals surface area contributed by atoms with Crippen molar-refractivity contribution in [2.45, 2.75) is 211 Å². The molecule has 0 aliphatic carbocycles. The first-order chi connectivity index (χ1) is 34.9. The van der Waals surface area contributed by atoms with Gasteiger partial charge in [0.15, 0.2) is 36.6 Å². The summed E-state index contributed by atoms with van der Waals surface area (Å²) >= 11 is 0. The molecule has 432 valence electrons. The highest BCUT2D eigenvalue weighted by molar-refractivity contribution is 5.95. The normalized spacial score (nSPS) is 29.2. The standard InChI is InChI=1S/C52H86N6O18/c1-21(2)33-47(65)71-29(17)41(59)53-34(22(3)4)48(66)72-31(19)43(61)55-37(25(9)10)51(69)75-40(28(15)16)46(64)58-36(24(7)8)50(68)74-32(20)44(62)56-38(26(11)12)52(70)76-39(27(13)14)45(63)57-35(23(5)6)49(67)73-30(18)42(60)54-33/h21-40H,1-20H3,(H,53,59)(H,54,60)(H,55,61)(H,56,62)(H,57,63)(H,58,64). The number of carbonyl (C=O) groups is 12. The third-order valence-electron chi connectivity index (χ3n) is 12.2. The van der Waals surface area contributed by atoms with Gasteiger partial charge in [0.25, 0.3) is 35.4 Å². The van der Waals surface area contributed by atoms with Crippen molar-refractivity contribution in [3.8, 4) is 0 Å². The molecule has 1 saturated heterocycles. The Kier molecular flexibility index (Phi) is 27.1. The molecule has 1 aliphatic heterocycles. The van der Waals surface area contributed by atoms with E-state index in [-0.39, 0.29) is 0 Å². The quantitative estimate of drug-likeness (QED) is 0.149. The van der Waals surface area contributed by atoms with Gasteiger partial charge in [0, 0.05) is 0 Å². The van der Waals surface area contributed by atoms with Crippen LogP contribution in [-0.4, -0.2) is 144 Å². The van der Waals surface area contributed by atoms with E-state index in [0.717, 1.165) is 0 Å². The van der Waals surface area contributed by atoms with E-state index in [1.807, 2.05) is 0 Å². The number of ether oxygens (including phenoxy) is 6. The summed E-state index contributed by atoms with van der Waals surface area (Å²) in [5.41, 5.74) is 0. The smallest absolute Gasteiger partial charge is 0.329 e. The van der Waals surface area contributed by atoms with Gasteiger partial charge in [0.05, 0.1) is 0 Å². The van der Waals surface area contributed by atoms with Crippen molar-refractivity contribution in [2.24, 2.45) is 47.3 Å². The van der Waals surface area contributed by atoms with Gasteiger partial charge >= 0.3 is 35.8 Å². The Morgan fingerprint density at radius 2 is 0.382 bits per heavy atom. The Labute approximate surface area is 446 Å². The van der Waals surface area contributed by atoms with Gasteiger partial charge in [-0.2, -0.15) is 0 Å². The summed E-state index contributed by atoms with van der Waals surface area (Å²) in [5.74, 6) is -17.1. The predicted octanol–water partition coefficient (Wildman–Crippen LogP) is 1.71. The molecule has 0 aromatic heterocycles. The number of amides is 6. The molecule has 1 fully saturated rings. The Hall–Kier alpha value is -6.36. The van der Waals surface area contributed by atoms with Crippen molar-refractivity contribution in [1.82, 2.24) is 31.9 Å². The molecule has 6 N–H and O–H groups in total. The van der Waals surface area contributed by atoms with E-state index in [0.29, 0.717) is 0 Å². The summed E-state index contributed by atoms with van der Waals surface area (Å²) in [6, 6.07) is -8.35.